The Morgan fingerprint density at radius 2 is 1.82 bits per heavy atom. The van der Waals surface area contributed by atoms with Crippen molar-refractivity contribution in [2.24, 2.45) is 5.10 Å². The summed E-state index contributed by atoms with van der Waals surface area (Å²) in [6.07, 6.45) is 4.45. The van der Waals surface area contributed by atoms with Gasteiger partial charge < -0.3 is 19.1 Å². The lowest BCUT2D eigenvalue weighted by Crippen LogP contribution is -2.38. The third kappa shape index (κ3) is 6.43. The van der Waals surface area contributed by atoms with Crippen LogP contribution in [0.5, 0.6) is 5.88 Å². The fraction of sp³-hybridized carbons (Fsp3) is 0.520. The van der Waals surface area contributed by atoms with Gasteiger partial charge in [-0.05, 0) is 36.0 Å². The first-order valence-corrected chi connectivity index (χ1v) is 12.0. The summed E-state index contributed by atoms with van der Waals surface area (Å²) in [5, 5.41) is 4.46. The van der Waals surface area contributed by atoms with E-state index in [0.717, 1.165) is 76.3 Å². The lowest BCUT2D eigenvalue weighted by molar-refractivity contribution is 0.0320. The van der Waals surface area contributed by atoms with Crippen molar-refractivity contribution in [2.45, 2.75) is 18.8 Å². The monoisotopic (exact) mass is 451 g/mol. The Labute approximate surface area is 195 Å². The predicted octanol–water partition coefficient (Wildman–Crippen LogP) is 2.95. The number of nitrogens with zero attached hydrogens (tertiary/aromatic N) is 4. The number of hydrazone groups is 1. The molecule has 176 valence electrons. The molecule has 3 fully saturated rings. The topological polar surface area (TPSA) is 71.5 Å². The molecule has 0 atom stereocenters. The lowest BCUT2D eigenvalue weighted by atomic mass is 10.1. The van der Waals surface area contributed by atoms with Crippen molar-refractivity contribution < 1.29 is 14.2 Å². The maximum atomic E-state index is 6.05. The quantitative estimate of drug-likeness (QED) is 0.464. The molecule has 0 bridgehead atoms. The Hall–Kier alpha value is -2.68. The Morgan fingerprint density at radius 3 is 2.61 bits per heavy atom. The minimum Gasteiger partial charge on any atom is -0.476 e. The van der Waals surface area contributed by atoms with Crippen LogP contribution in [0.3, 0.4) is 0 Å². The van der Waals surface area contributed by atoms with Crippen LogP contribution in [-0.4, -0.2) is 81.9 Å². The van der Waals surface area contributed by atoms with Crippen LogP contribution in [0.25, 0.3) is 0 Å². The largest absolute Gasteiger partial charge is 0.476 e. The van der Waals surface area contributed by atoms with E-state index < -0.39 is 0 Å². The van der Waals surface area contributed by atoms with E-state index in [1.807, 2.05) is 18.3 Å². The van der Waals surface area contributed by atoms with Crippen molar-refractivity contribution in [2.75, 3.05) is 76.1 Å². The molecule has 0 spiro atoms. The van der Waals surface area contributed by atoms with Crippen LogP contribution >= 0.6 is 0 Å². The normalized spacial score (nSPS) is 19.7. The zero-order chi connectivity index (χ0) is 22.3. The van der Waals surface area contributed by atoms with Gasteiger partial charge in [-0.1, -0.05) is 18.2 Å². The van der Waals surface area contributed by atoms with E-state index in [0.29, 0.717) is 18.3 Å². The van der Waals surface area contributed by atoms with Crippen LogP contribution in [0.4, 0.5) is 11.5 Å². The molecule has 8 heteroatoms. The van der Waals surface area contributed by atoms with E-state index in [-0.39, 0.29) is 0 Å². The van der Waals surface area contributed by atoms with E-state index in [2.05, 4.69) is 49.6 Å². The molecule has 5 rings (SSSR count). The SMILES string of the molecule is C(=N/Nc1cc(N2CCOCC2)cc(OCCN2CCOCC2)n1)/c1cccc(C2CC2)c1. The first kappa shape index (κ1) is 22.1. The van der Waals surface area contributed by atoms with E-state index in [4.69, 9.17) is 14.2 Å². The number of hydrogen-bond acceptors (Lipinski definition) is 8. The highest BCUT2D eigenvalue weighted by Gasteiger charge is 2.23. The second kappa shape index (κ2) is 11.0. The van der Waals surface area contributed by atoms with Gasteiger partial charge in [0.05, 0.1) is 32.6 Å². The van der Waals surface area contributed by atoms with Crippen LogP contribution in [0.15, 0.2) is 41.5 Å². The molecule has 3 heterocycles. The third-order valence-corrected chi connectivity index (χ3v) is 6.28. The molecular weight excluding hydrogens is 418 g/mol. The summed E-state index contributed by atoms with van der Waals surface area (Å²) in [4.78, 5) is 9.30. The average molecular weight is 452 g/mol. The van der Waals surface area contributed by atoms with Crippen LogP contribution in [0.2, 0.25) is 0 Å². The molecule has 1 N–H and O–H groups in total. The maximum absolute atomic E-state index is 6.05. The summed E-state index contributed by atoms with van der Waals surface area (Å²) in [5.74, 6) is 2.02. The molecular formula is C25H33N5O3. The van der Waals surface area contributed by atoms with Gasteiger partial charge in [-0.2, -0.15) is 10.1 Å². The first-order chi connectivity index (χ1) is 16.3. The van der Waals surface area contributed by atoms with Crippen LogP contribution in [0, 0.1) is 0 Å². The number of ether oxygens (including phenoxy) is 3. The second-order valence-corrected chi connectivity index (χ2v) is 8.77. The fourth-order valence-corrected chi connectivity index (χ4v) is 4.21. The zero-order valence-corrected chi connectivity index (χ0v) is 19.1. The van der Waals surface area contributed by atoms with Crippen molar-refractivity contribution in [3.05, 3.63) is 47.5 Å². The van der Waals surface area contributed by atoms with Gasteiger partial charge in [0.2, 0.25) is 5.88 Å². The highest BCUT2D eigenvalue weighted by atomic mass is 16.5. The lowest BCUT2D eigenvalue weighted by Gasteiger charge is -2.29. The van der Waals surface area contributed by atoms with Crippen molar-refractivity contribution >= 4 is 17.7 Å². The van der Waals surface area contributed by atoms with Crippen molar-refractivity contribution in [3.8, 4) is 5.88 Å². The second-order valence-electron chi connectivity index (χ2n) is 8.77. The van der Waals surface area contributed by atoms with E-state index in [1.54, 1.807) is 0 Å². The number of benzene rings is 1. The van der Waals surface area contributed by atoms with Crippen molar-refractivity contribution in [3.63, 3.8) is 0 Å². The zero-order valence-electron chi connectivity index (χ0n) is 19.1. The molecule has 3 aliphatic rings. The highest BCUT2D eigenvalue weighted by molar-refractivity contribution is 5.80. The summed E-state index contributed by atoms with van der Waals surface area (Å²) < 4.78 is 17.0. The average Bonchev–Trinajstić information content (AvgIpc) is 3.71. The maximum Gasteiger partial charge on any atom is 0.217 e. The number of rotatable bonds is 9. The van der Waals surface area contributed by atoms with Gasteiger partial charge in [0.1, 0.15) is 6.61 Å². The number of aromatic nitrogens is 1. The number of anilines is 2. The number of hydrogen-bond donors (Lipinski definition) is 1. The molecule has 2 aliphatic heterocycles. The first-order valence-electron chi connectivity index (χ1n) is 12.0. The number of nitrogens with one attached hydrogen (secondary N) is 1. The van der Waals surface area contributed by atoms with Crippen LogP contribution in [-0.2, 0) is 9.47 Å². The van der Waals surface area contributed by atoms with Gasteiger partial charge in [0, 0.05) is 50.5 Å². The highest BCUT2D eigenvalue weighted by Crippen LogP contribution is 2.40. The van der Waals surface area contributed by atoms with Crippen LogP contribution in [0.1, 0.15) is 29.9 Å². The van der Waals surface area contributed by atoms with E-state index >= 15 is 0 Å². The van der Waals surface area contributed by atoms with Gasteiger partial charge >= 0.3 is 0 Å². The predicted molar refractivity (Wildman–Crippen MR) is 130 cm³/mol. The molecule has 0 unspecified atom stereocenters. The smallest absolute Gasteiger partial charge is 0.217 e. The molecule has 1 aromatic heterocycles. The summed E-state index contributed by atoms with van der Waals surface area (Å²) in [7, 11) is 0. The molecule has 2 aromatic rings. The van der Waals surface area contributed by atoms with E-state index in [9.17, 15) is 0 Å². The number of pyridine rings is 1. The fourth-order valence-electron chi connectivity index (χ4n) is 4.21. The Kier molecular flexibility index (Phi) is 7.35. The molecule has 1 aromatic carbocycles. The molecule has 33 heavy (non-hydrogen) atoms. The molecule has 8 nitrogen and oxygen atoms in total. The summed E-state index contributed by atoms with van der Waals surface area (Å²) in [6, 6.07) is 12.6. The third-order valence-electron chi connectivity index (χ3n) is 6.28. The minimum absolute atomic E-state index is 0.593. The molecule has 0 amide bonds. The summed E-state index contributed by atoms with van der Waals surface area (Å²) in [5.41, 5.74) is 6.68. The number of morpholine rings is 2. The molecule has 0 radical (unpaired) electrons. The van der Waals surface area contributed by atoms with Gasteiger partial charge in [0.25, 0.3) is 0 Å². The van der Waals surface area contributed by atoms with Crippen LogP contribution < -0.4 is 15.1 Å². The summed E-state index contributed by atoms with van der Waals surface area (Å²) >= 11 is 0. The molecule has 1 saturated carbocycles. The van der Waals surface area contributed by atoms with Crippen molar-refractivity contribution in [1.29, 1.82) is 0 Å². The van der Waals surface area contributed by atoms with Gasteiger partial charge in [-0.25, -0.2) is 0 Å². The Bertz CT molecular complexity index is 937. The van der Waals surface area contributed by atoms with Gasteiger partial charge in [-0.3, -0.25) is 10.3 Å². The Balaban J connectivity index is 1.25. The minimum atomic E-state index is 0.593. The molecule has 2 saturated heterocycles. The van der Waals surface area contributed by atoms with Crippen molar-refractivity contribution in [1.82, 2.24) is 9.88 Å². The van der Waals surface area contributed by atoms with Gasteiger partial charge in [0.15, 0.2) is 5.82 Å². The standard InChI is InChI=1S/C25H33N5O3/c1-2-20(16-22(3-1)21-4-5-21)19-26-28-24-17-23(30-9-13-32-14-10-30)18-25(27-24)33-15-8-29-6-11-31-12-7-29/h1-3,16-19,21H,4-15H2,(H,27,28)/b26-19-. The summed E-state index contributed by atoms with van der Waals surface area (Å²) in [6.45, 7) is 8.12. The molecule has 1 aliphatic carbocycles. The van der Waals surface area contributed by atoms with E-state index in [1.165, 1.54) is 18.4 Å². The van der Waals surface area contributed by atoms with Gasteiger partial charge in [-0.15, -0.1) is 0 Å². The Morgan fingerprint density at radius 1 is 1.03 bits per heavy atom.